The van der Waals surface area contributed by atoms with Crippen LogP contribution < -0.4 is 0 Å². The van der Waals surface area contributed by atoms with E-state index in [1.165, 1.54) is 13.0 Å². The first-order valence-electron chi connectivity index (χ1n) is 5.09. The molecule has 0 spiro atoms. The number of hydrogen-bond donors (Lipinski definition) is 0. The van der Waals surface area contributed by atoms with Crippen molar-refractivity contribution in [2.45, 2.75) is 26.2 Å². The number of rotatable bonds is 3. The summed E-state index contributed by atoms with van der Waals surface area (Å²) in [5, 5.41) is 8.69. The summed E-state index contributed by atoms with van der Waals surface area (Å²) in [5.74, 6) is 0.457. The third-order valence-electron chi connectivity index (χ3n) is 2.76. The lowest BCUT2D eigenvalue weighted by Gasteiger charge is -2.31. The van der Waals surface area contributed by atoms with Gasteiger partial charge in [-0.1, -0.05) is 13.5 Å². The molecule has 0 aromatic heterocycles. The van der Waals surface area contributed by atoms with Gasteiger partial charge in [0.2, 0.25) is 0 Å². The summed E-state index contributed by atoms with van der Waals surface area (Å²) in [6.07, 6.45) is 3.46. The van der Waals surface area contributed by atoms with E-state index in [-0.39, 0.29) is 0 Å². The molecule has 2 heteroatoms. The van der Waals surface area contributed by atoms with Crippen molar-refractivity contribution in [3.63, 3.8) is 0 Å². The summed E-state index contributed by atoms with van der Waals surface area (Å²) in [6, 6.07) is 2.17. The summed E-state index contributed by atoms with van der Waals surface area (Å²) >= 11 is 0. The van der Waals surface area contributed by atoms with E-state index in [1.807, 2.05) is 0 Å². The Morgan fingerprint density at radius 1 is 1.54 bits per heavy atom. The Hall–Kier alpha value is -0.810. The van der Waals surface area contributed by atoms with Gasteiger partial charge >= 0.3 is 0 Å². The molecule has 0 aliphatic carbocycles. The Balaban J connectivity index is 2.31. The molecule has 13 heavy (non-hydrogen) atoms. The second kappa shape index (κ2) is 5.04. The van der Waals surface area contributed by atoms with Gasteiger partial charge in [-0.3, -0.25) is 0 Å². The van der Waals surface area contributed by atoms with Crippen LogP contribution in [0.25, 0.3) is 0 Å². The molecule has 1 aliphatic rings. The minimum atomic E-state index is 0.457. The molecular weight excluding hydrogens is 160 g/mol. The number of allylic oxidation sites excluding steroid dienone is 1. The summed E-state index contributed by atoms with van der Waals surface area (Å²) in [4.78, 5) is 2.47. The molecule has 0 N–H and O–H groups in total. The van der Waals surface area contributed by atoms with Crippen molar-refractivity contribution < 1.29 is 0 Å². The lowest BCUT2D eigenvalue weighted by Crippen LogP contribution is -2.34. The van der Waals surface area contributed by atoms with Crippen molar-refractivity contribution in [1.82, 2.24) is 4.90 Å². The van der Waals surface area contributed by atoms with Gasteiger partial charge in [-0.05, 0) is 44.8 Å². The van der Waals surface area contributed by atoms with Crippen LogP contribution in [0.1, 0.15) is 26.2 Å². The van der Waals surface area contributed by atoms with E-state index in [1.54, 1.807) is 0 Å². The van der Waals surface area contributed by atoms with E-state index in [0.717, 1.165) is 31.5 Å². The van der Waals surface area contributed by atoms with Gasteiger partial charge in [0.1, 0.15) is 0 Å². The first kappa shape index (κ1) is 10.3. The predicted molar refractivity (Wildman–Crippen MR) is 54.2 cm³/mol. The zero-order valence-corrected chi connectivity index (χ0v) is 8.42. The van der Waals surface area contributed by atoms with Crippen molar-refractivity contribution in [2.75, 3.05) is 19.6 Å². The van der Waals surface area contributed by atoms with Crippen LogP contribution in [-0.4, -0.2) is 24.5 Å². The summed E-state index contributed by atoms with van der Waals surface area (Å²) in [5.41, 5.74) is 0.774. The summed E-state index contributed by atoms with van der Waals surface area (Å²) in [7, 11) is 0. The van der Waals surface area contributed by atoms with Gasteiger partial charge in [0.25, 0.3) is 0 Å². The highest BCUT2D eigenvalue weighted by Crippen LogP contribution is 2.22. The van der Waals surface area contributed by atoms with Gasteiger partial charge < -0.3 is 4.90 Å². The maximum absolute atomic E-state index is 8.69. The SMILES string of the molecule is C=C(C#N)C1CCN(CCC)CC1. The zero-order valence-electron chi connectivity index (χ0n) is 8.42. The van der Waals surface area contributed by atoms with Gasteiger partial charge in [0.15, 0.2) is 0 Å². The Labute approximate surface area is 80.8 Å². The smallest absolute Gasteiger partial charge is 0.0943 e. The van der Waals surface area contributed by atoms with E-state index in [2.05, 4.69) is 24.5 Å². The van der Waals surface area contributed by atoms with Crippen molar-refractivity contribution in [1.29, 1.82) is 5.26 Å². The number of likely N-dealkylation sites (tertiary alicyclic amines) is 1. The Kier molecular flexibility index (Phi) is 3.98. The van der Waals surface area contributed by atoms with Crippen LogP contribution >= 0.6 is 0 Å². The second-order valence-corrected chi connectivity index (χ2v) is 3.75. The third kappa shape index (κ3) is 2.86. The summed E-state index contributed by atoms with van der Waals surface area (Å²) in [6.45, 7) is 9.47. The molecule has 0 aromatic carbocycles. The first-order chi connectivity index (χ1) is 6.27. The average molecular weight is 178 g/mol. The van der Waals surface area contributed by atoms with Crippen LogP contribution in [0.2, 0.25) is 0 Å². The fourth-order valence-corrected chi connectivity index (χ4v) is 1.91. The van der Waals surface area contributed by atoms with Gasteiger partial charge in [0, 0.05) is 5.57 Å². The quantitative estimate of drug-likeness (QED) is 0.619. The monoisotopic (exact) mass is 178 g/mol. The summed E-state index contributed by atoms with van der Waals surface area (Å²) < 4.78 is 0. The topological polar surface area (TPSA) is 27.0 Å². The fraction of sp³-hybridized carbons (Fsp3) is 0.727. The standard InChI is InChI=1S/C11H18N2/c1-3-6-13-7-4-11(5-8-13)10(2)9-12/h11H,2-8H2,1H3. The van der Waals surface area contributed by atoms with E-state index in [0.29, 0.717) is 5.92 Å². The van der Waals surface area contributed by atoms with Crippen LogP contribution in [0.15, 0.2) is 12.2 Å². The maximum Gasteiger partial charge on any atom is 0.0943 e. The van der Waals surface area contributed by atoms with Gasteiger partial charge in [0.05, 0.1) is 6.07 Å². The zero-order chi connectivity index (χ0) is 9.68. The van der Waals surface area contributed by atoms with E-state index in [4.69, 9.17) is 5.26 Å². The normalized spacial score (nSPS) is 19.7. The molecule has 72 valence electrons. The van der Waals surface area contributed by atoms with Crippen molar-refractivity contribution >= 4 is 0 Å². The number of piperidine rings is 1. The highest BCUT2D eigenvalue weighted by Gasteiger charge is 2.20. The van der Waals surface area contributed by atoms with Crippen molar-refractivity contribution in [3.05, 3.63) is 12.2 Å². The number of nitrogens with zero attached hydrogens (tertiary/aromatic N) is 2. The Morgan fingerprint density at radius 3 is 2.62 bits per heavy atom. The molecule has 0 radical (unpaired) electrons. The van der Waals surface area contributed by atoms with Gasteiger partial charge in [-0.25, -0.2) is 0 Å². The van der Waals surface area contributed by atoms with E-state index < -0.39 is 0 Å². The fourth-order valence-electron chi connectivity index (χ4n) is 1.91. The largest absolute Gasteiger partial charge is 0.303 e. The minimum Gasteiger partial charge on any atom is -0.303 e. The van der Waals surface area contributed by atoms with Crippen LogP contribution in [-0.2, 0) is 0 Å². The Morgan fingerprint density at radius 2 is 2.15 bits per heavy atom. The van der Waals surface area contributed by atoms with Gasteiger partial charge in [-0.2, -0.15) is 5.26 Å². The third-order valence-corrected chi connectivity index (χ3v) is 2.76. The molecule has 0 unspecified atom stereocenters. The average Bonchev–Trinajstić information content (AvgIpc) is 2.18. The molecule has 1 aliphatic heterocycles. The van der Waals surface area contributed by atoms with E-state index in [9.17, 15) is 0 Å². The van der Waals surface area contributed by atoms with Crippen LogP contribution in [0.4, 0.5) is 0 Å². The highest BCUT2D eigenvalue weighted by molar-refractivity contribution is 5.19. The molecule has 2 nitrogen and oxygen atoms in total. The molecule has 1 heterocycles. The van der Waals surface area contributed by atoms with E-state index >= 15 is 0 Å². The molecular formula is C11H18N2. The molecule has 0 bridgehead atoms. The number of nitriles is 1. The maximum atomic E-state index is 8.69. The van der Waals surface area contributed by atoms with Crippen molar-refractivity contribution in [3.8, 4) is 6.07 Å². The highest BCUT2D eigenvalue weighted by atomic mass is 15.1. The van der Waals surface area contributed by atoms with Crippen LogP contribution in [0, 0.1) is 17.2 Å². The lowest BCUT2D eigenvalue weighted by atomic mass is 9.91. The molecule has 1 rings (SSSR count). The predicted octanol–water partition coefficient (Wildman–Crippen LogP) is 2.19. The molecule has 0 atom stereocenters. The molecule has 0 saturated carbocycles. The molecule has 0 aromatic rings. The lowest BCUT2D eigenvalue weighted by molar-refractivity contribution is 0.201. The second-order valence-electron chi connectivity index (χ2n) is 3.75. The van der Waals surface area contributed by atoms with Crippen LogP contribution in [0.3, 0.4) is 0 Å². The first-order valence-corrected chi connectivity index (χ1v) is 5.09. The van der Waals surface area contributed by atoms with Crippen molar-refractivity contribution in [2.24, 2.45) is 5.92 Å². The Bertz CT molecular complexity index is 207. The molecule has 1 saturated heterocycles. The van der Waals surface area contributed by atoms with Crippen LogP contribution in [0.5, 0.6) is 0 Å². The minimum absolute atomic E-state index is 0.457. The van der Waals surface area contributed by atoms with Gasteiger partial charge in [-0.15, -0.1) is 0 Å². The molecule has 1 fully saturated rings. The number of hydrogen-bond acceptors (Lipinski definition) is 2. The molecule has 0 amide bonds.